The molecule has 0 radical (unpaired) electrons. The van der Waals surface area contributed by atoms with Crippen LogP contribution < -0.4 is 10.6 Å². The molecule has 0 bridgehead atoms. The largest absolute Gasteiger partial charge is 0.361 e. The highest BCUT2D eigenvalue weighted by molar-refractivity contribution is 7.99. The zero-order valence-electron chi connectivity index (χ0n) is 14.9. The fraction of sp³-hybridized carbons (Fsp3) is 0.350. The number of likely N-dealkylation sites (tertiary alicyclic amines) is 1. The van der Waals surface area contributed by atoms with Gasteiger partial charge in [0.2, 0.25) is 0 Å². The monoisotopic (exact) mass is 407 g/mol. The highest BCUT2D eigenvalue weighted by Gasteiger charge is 2.23. The van der Waals surface area contributed by atoms with Gasteiger partial charge in [0.05, 0.1) is 6.04 Å². The fourth-order valence-electron chi connectivity index (χ4n) is 3.27. The van der Waals surface area contributed by atoms with Gasteiger partial charge in [-0.25, -0.2) is 0 Å². The van der Waals surface area contributed by atoms with Crippen LogP contribution in [0.15, 0.2) is 59.5 Å². The van der Waals surface area contributed by atoms with Crippen LogP contribution in [-0.4, -0.2) is 35.4 Å². The molecule has 144 valence electrons. The topological polar surface area (TPSA) is 27.3 Å². The molecule has 0 spiro atoms. The van der Waals surface area contributed by atoms with Crippen LogP contribution in [0.5, 0.6) is 0 Å². The number of thioether (sulfide) groups is 1. The van der Waals surface area contributed by atoms with E-state index in [2.05, 4.69) is 39.8 Å². The van der Waals surface area contributed by atoms with Gasteiger partial charge in [-0.05, 0) is 68.0 Å². The van der Waals surface area contributed by atoms with Crippen LogP contribution in [0.1, 0.15) is 24.4 Å². The lowest BCUT2D eigenvalue weighted by Gasteiger charge is -2.28. The summed E-state index contributed by atoms with van der Waals surface area (Å²) in [7, 11) is 0. The van der Waals surface area contributed by atoms with E-state index in [0.29, 0.717) is 21.8 Å². The number of anilines is 1. The lowest BCUT2D eigenvalue weighted by atomic mass is 10.1. The number of rotatable bonds is 7. The van der Waals surface area contributed by atoms with Crippen molar-refractivity contribution in [3.8, 4) is 0 Å². The Labute approximate surface area is 168 Å². The van der Waals surface area contributed by atoms with Gasteiger partial charge in [0, 0.05) is 17.1 Å². The van der Waals surface area contributed by atoms with Crippen LogP contribution in [0.2, 0.25) is 0 Å². The Hall–Kier alpha value is -1.70. The van der Waals surface area contributed by atoms with E-state index in [-0.39, 0.29) is 6.04 Å². The number of alkyl halides is 2. The summed E-state index contributed by atoms with van der Waals surface area (Å²) in [5, 5.41) is 6.96. The first-order chi connectivity index (χ1) is 13.1. The van der Waals surface area contributed by atoms with Gasteiger partial charge in [-0.15, -0.1) is 0 Å². The number of nitrogens with zero attached hydrogens (tertiary/aromatic N) is 1. The Morgan fingerprint density at radius 2 is 1.70 bits per heavy atom. The molecular weight excluding hydrogens is 384 g/mol. The lowest BCUT2D eigenvalue weighted by molar-refractivity contribution is 0.246. The first-order valence-corrected chi connectivity index (χ1v) is 10.3. The van der Waals surface area contributed by atoms with E-state index >= 15 is 0 Å². The van der Waals surface area contributed by atoms with Gasteiger partial charge in [0.15, 0.2) is 5.11 Å². The van der Waals surface area contributed by atoms with Gasteiger partial charge >= 0.3 is 0 Å². The normalized spacial score (nSPS) is 15.7. The molecule has 7 heteroatoms. The third-order valence-corrected chi connectivity index (χ3v) is 5.53. The van der Waals surface area contributed by atoms with Crippen LogP contribution >= 0.6 is 24.0 Å². The maximum Gasteiger partial charge on any atom is 0.288 e. The lowest BCUT2D eigenvalue weighted by Crippen LogP contribution is -2.38. The van der Waals surface area contributed by atoms with Crippen molar-refractivity contribution in [3.05, 3.63) is 60.2 Å². The minimum absolute atomic E-state index is 0.276. The van der Waals surface area contributed by atoms with Crippen molar-refractivity contribution in [2.45, 2.75) is 29.5 Å². The average molecular weight is 408 g/mol. The Kier molecular flexibility index (Phi) is 7.43. The number of thiocarbonyl (C=S) groups is 1. The second-order valence-corrected chi connectivity index (χ2v) is 7.88. The molecule has 3 nitrogen and oxygen atoms in total. The molecule has 2 N–H and O–H groups in total. The quantitative estimate of drug-likeness (QED) is 0.491. The molecule has 1 saturated heterocycles. The Morgan fingerprint density at radius 1 is 1.04 bits per heavy atom. The predicted octanol–water partition coefficient (Wildman–Crippen LogP) is 5.12. The van der Waals surface area contributed by atoms with E-state index in [4.69, 9.17) is 12.2 Å². The first kappa shape index (κ1) is 20.0. The van der Waals surface area contributed by atoms with Crippen LogP contribution in [-0.2, 0) is 0 Å². The summed E-state index contributed by atoms with van der Waals surface area (Å²) in [6.45, 7) is 2.92. The van der Waals surface area contributed by atoms with Gasteiger partial charge in [0.25, 0.3) is 5.76 Å². The van der Waals surface area contributed by atoms with Crippen LogP contribution in [0.4, 0.5) is 14.5 Å². The van der Waals surface area contributed by atoms with Gasteiger partial charge < -0.3 is 10.6 Å². The molecule has 1 fully saturated rings. The molecule has 1 aliphatic rings. The summed E-state index contributed by atoms with van der Waals surface area (Å²) in [5.74, 6) is -2.41. The van der Waals surface area contributed by atoms with E-state index in [9.17, 15) is 8.78 Å². The Balaban J connectivity index is 1.56. The van der Waals surface area contributed by atoms with Crippen molar-refractivity contribution >= 4 is 34.8 Å². The Morgan fingerprint density at radius 3 is 2.33 bits per heavy atom. The second kappa shape index (κ2) is 10.0. The molecule has 27 heavy (non-hydrogen) atoms. The number of halogens is 2. The molecule has 0 amide bonds. The molecule has 0 saturated carbocycles. The van der Waals surface area contributed by atoms with Gasteiger partial charge in [-0.2, -0.15) is 8.78 Å². The molecule has 1 aliphatic heterocycles. The molecule has 2 aromatic rings. The number of benzene rings is 2. The standard InChI is InChI=1S/C20H23F2N3S2/c21-19(22)27-17-10-8-16(9-11-17)24-20(26)23-14-18(25-12-4-5-13-25)15-6-2-1-3-7-15/h1-3,6-11,18-19H,4-5,12-14H2,(H2,23,24,26)/t18-/m1/s1. The molecular formula is C20H23F2N3S2. The summed E-state index contributed by atoms with van der Waals surface area (Å²) in [6.07, 6.45) is 2.46. The Bertz CT molecular complexity index is 720. The van der Waals surface area contributed by atoms with Crippen LogP contribution in [0.3, 0.4) is 0 Å². The molecule has 0 aromatic heterocycles. The number of hydrogen-bond donors (Lipinski definition) is 2. The van der Waals surface area contributed by atoms with E-state index in [1.807, 2.05) is 6.07 Å². The third kappa shape index (κ3) is 6.16. The maximum atomic E-state index is 12.4. The van der Waals surface area contributed by atoms with Crippen LogP contribution in [0, 0.1) is 0 Å². The highest BCUT2D eigenvalue weighted by atomic mass is 32.2. The van der Waals surface area contributed by atoms with E-state index < -0.39 is 5.76 Å². The number of hydrogen-bond acceptors (Lipinski definition) is 3. The second-order valence-electron chi connectivity index (χ2n) is 6.41. The smallest absolute Gasteiger partial charge is 0.288 e. The number of nitrogens with one attached hydrogen (secondary N) is 2. The molecule has 3 rings (SSSR count). The summed E-state index contributed by atoms with van der Waals surface area (Å²) < 4.78 is 24.8. The van der Waals surface area contributed by atoms with Crippen molar-refractivity contribution in [2.75, 3.05) is 25.0 Å². The minimum Gasteiger partial charge on any atom is -0.361 e. The molecule has 0 aliphatic carbocycles. The average Bonchev–Trinajstić information content (AvgIpc) is 3.18. The maximum absolute atomic E-state index is 12.4. The molecule has 0 unspecified atom stereocenters. The van der Waals surface area contributed by atoms with Gasteiger partial charge in [-0.1, -0.05) is 42.1 Å². The van der Waals surface area contributed by atoms with Gasteiger partial charge in [-0.3, -0.25) is 4.90 Å². The summed E-state index contributed by atoms with van der Waals surface area (Å²) in [4.78, 5) is 3.02. The molecule has 2 aromatic carbocycles. The van der Waals surface area contributed by atoms with Crippen molar-refractivity contribution in [2.24, 2.45) is 0 Å². The van der Waals surface area contributed by atoms with E-state index in [1.165, 1.54) is 18.4 Å². The van der Waals surface area contributed by atoms with E-state index in [0.717, 1.165) is 25.3 Å². The minimum atomic E-state index is -2.41. The summed E-state index contributed by atoms with van der Waals surface area (Å²) in [6, 6.07) is 17.6. The third-order valence-electron chi connectivity index (χ3n) is 4.56. The fourth-order valence-corrected chi connectivity index (χ4v) is 3.97. The van der Waals surface area contributed by atoms with Crippen molar-refractivity contribution in [3.63, 3.8) is 0 Å². The SMILES string of the molecule is FC(F)Sc1ccc(NC(=S)NC[C@H](c2ccccc2)N2CCCC2)cc1. The predicted molar refractivity (Wildman–Crippen MR) is 113 cm³/mol. The van der Waals surface area contributed by atoms with Crippen molar-refractivity contribution < 1.29 is 8.78 Å². The molecule has 1 heterocycles. The zero-order valence-corrected chi connectivity index (χ0v) is 16.5. The van der Waals surface area contributed by atoms with E-state index in [1.54, 1.807) is 24.3 Å². The zero-order chi connectivity index (χ0) is 19.1. The molecule has 1 atom stereocenters. The summed E-state index contributed by atoms with van der Waals surface area (Å²) >= 11 is 5.95. The van der Waals surface area contributed by atoms with Crippen molar-refractivity contribution in [1.29, 1.82) is 0 Å². The first-order valence-electron chi connectivity index (χ1n) is 9.00. The highest BCUT2D eigenvalue weighted by Crippen LogP contribution is 2.26. The summed E-state index contributed by atoms with van der Waals surface area (Å²) in [5.41, 5.74) is 2.06. The van der Waals surface area contributed by atoms with Crippen molar-refractivity contribution in [1.82, 2.24) is 10.2 Å². The van der Waals surface area contributed by atoms with Gasteiger partial charge in [0.1, 0.15) is 0 Å². The van der Waals surface area contributed by atoms with Crippen LogP contribution in [0.25, 0.3) is 0 Å².